The van der Waals surface area contributed by atoms with Crippen molar-refractivity contribution in [2.24, 2.45) is 11.3 Å². The van der Waals surface area contributed by atoms with Crippen molar-refractivity contribution in [3.63, 3.8) is 0 Å². The molecule has 42 heavy (non-hydrogen) atoms. The summed E-state index contributed by atoms with van der Waals surface area (Å²) in [6, 6.07) is 5.70. The zero-order valence-corrected chi connectivity index (χ0v) is 23.2. The van der Waals surface area contributed by atoms with E-state index in [9.17, 15) is 28.0 Å². The van der Waals surface area contributed by atoms with Crippen LogP contribution in [0.1, 0.15) is 17.8 Å². The van der Waals surface area contributed by atoms with Crippen molar-refractivity contribution >= 4 is 23.1 Å². The van der Waals surface area contributed by atoms with Crippen molar-refractivity contribution in [1.82, 2.24) is 39.1 Å². The fourth-order valence-electron chi connectivity index (χ4n) is 5.83. The van der Waals surface area contributed by atoms with E-state index in [-0.39, 0.29) is 45.1 Å². The number of nitriles is 1. The standard InChI is InChI=1S/C27H31F3N10O2/c1-35-7-9-36(10-8-35)23(41)16-39-13-19(12-32-39)11-22-33-24-21(3-2-6-40(24)34-22)38-17-26(18-38,4-5-31)25(42)37-14-20(15-37)27(28,29)30/h2-3,6,12-13,20H,4,7-11,14-18H2,1H3. The van der Waals surface area contributed by atoms with E-state index in [1.54, 1.807) is 27.7 Å². The number of hydrogen-bond acceptors (Lipinski definition) is 8. The predicted molar refractivity (Wildman–Crippen MR) is 143 cm³/mol. The molecule has 6 rings (SSSR count). The van der Waals surface area contributed by atoms with Gasteiger partial charge in [0.1, 0.15) is 6.54 Å². The highest BCUT2D eigenvalue weighted by Gasteiger charge is 2.56. The highest BCUT2D eigenvalue weighted by atomic mass is 19.4. The largest absolute Gasteiger partial charge is 0.395 e. The Morgan fingerprint density at radius 2 is 1.88 bits per heavy atom. The van der Waals surface area contributed by atoms with Crippen molar-refractivity contribution in [1.29, 1.82) is 5.26 Å². The Kier molecular flexibility index (Phi) is 7.04. The number of aromatic nitrogens is 5. The normalized spacial score (nSPS) is 19.5. The first-order valence-corrected chi connectivity index (χ1v) is 13.8. The maximum absolute atomic E-state index is 13.1. The average Bonchev–Trinajstić information content (AvgIpc) is 3.50. The van der Waals surface area contributed by atoms with E-state index in [2.05, 4.69) is 15.1 Å². The number of anilines is 1. The van der Waals surface area contributed by atoms with E-state index in [0.717, 1.165) is 24.3 Å². The van der Waals surface area contributed by atoms with Gasteiger partial charge >= 0.3 is 6.18 Å². The van der Waals surface area contributed by atoms with Gasteiger partial charge in [-0.05, 0) is 24.7 Å². The summed E-state index contributed by atoms with van der Waals surface area (Å²) in [7, 11) is 2.04. The fraction of sp³-hybridized carbons (Fsp3) is 0.556. The second-order valence-corrected chi connectivity index (χ2v) is 11.5. The number of hydrogen-bond donors (Lipinski definition) is 0. The summed E-state index contributed by atoms with van der Waals surface area (Å²) in [5, 5.41) is 18.3. The van der Waals surface area contributed by atoms with E-state index in [1.807, 2.05) is 35.2 Å². The minimum Gasteiger partial charge on any atom is -0.366 e. The van der Waals surface area contributed by atoms with Gasteiger partial charge in [-0.25, -0.2) is 9.50 Å². The Bertz CT molecular complexity index is 1520. The average molecular weight is 585 g/mol. The number of likely N-dealkylation sites (N-methyl/N-ethyl adjacent to an activating group) is 1. The molecule has 15 heteroatoms. The molecule has 222 valence electrons. The van der Waals surface area contributed by atoms with Gasteiger partial charge in [-0.15, -0.1) is 0 Å². The third kappa shape index (κ3) is 5.26. The molecule has 0 unspecified atom stereocenters. The van der Waals surface area contributed by atoms with Crippen LogP contribution in [0.4, 0.5) is 18.9 Å². The van der Waals surface area contributed by atoms with Crippen molar-refractivity contribution < 1.29 is 22.8 Å². The van der Waals surface area contributed by atoms with Gasteiger partial charge in [0.25, 0.3) is 0 Å². The second kappa shape index (κ2) is 10.6. The number of fused-ring (bicyclic) bond motifs is 1. The van der Waals surface area contributed by atoms with Crippen LogP contribution in [0.5, 0.6) is 0 Å². The molecular formula is C27H31F3N10O2. The van der Waals surface area contributed by atoms with Crippen LogP contribution < -0.4 is 4.90 Å². The van der Waals surface area contributed by atoms with Crippen molar-refractivity contribution in [2.75, 3.05) is 64.3 Å². The lowest BCUT2D eigenvalue weighted by Crippen LogP contribution is -2.68. The third-order valence-corrected chi connectivity index (χ3v) is 8.42. The van der Waals surface area contributed by atoms with Crippen LogP contribution in [-0.2, 0) is 22.6 Å². The molecule has 3 aliphatic rings. The lowest BCUT2D eigenvalue weighted by molar-refractivity contribution is -0.213. The zero-order chi connectivity index (χ0) is 29.6. The molecule has 6 heterocycles. The van der Waals surface area contributed by atoms with E-state index in [0.29, 0.717) is 31.0 Å². The molecule has 2 amide bonds. The fourth-order valence-corrected chi connectivity index (χ4v) is 5.83. The van der Waals surface area contributed by atoms with E-state index < -0.39 is 23.4 Å². The van der Waals surface area contributed by atoms with Gasteiger partial charge in [-0.2, -0.15) is 28.6 Å². The molecule has 3 fully saturated rings. The topological polar surface area (TPSA) is 119 Å². The number of nitrogens with zero attached hydrogens (tertiary/aromatic N) is 10. The quantitative estimate of drug-likeness (QED) is 0.404. The smallest absolute Gasteiger partial charge is 0.366 e. The molecule has 3 saturated heterocycles. The molecule has 12 nitrogen and oxygen atoms in total. The number of amides is 2. The highest BCUT2D eigenvalue weighted by Crippen LogP contribution is 2.43. The van der Waals surface area contributed by atoms with E-state index in [1.165, 1.54) is 4.90 Å². The SMILES string of the molecule is CN1CCN(C(=O)Cn2cc(Cc3nc4c(N5CC(CC#N)(C(=O)N6CC(C(F)(F)F)C6)C5)cccn4n3)cn2)CC1. The molecule has 0 aliphatic carbocycles. The molecule has 0 bridgehead atoms. The number of halogens is 3. The van der Waals surface area contributed by atoms with Gasteiger partial charge in [-0.3, -0.25) is 14.3 Å². The van der Waals surface area contributed by atoms with Gasteiger partial charge in [0.2, 0.25) is 11.8 Å². The van der Waals surface area contributed by atoms with Gasteiger partial charge in [0.05, 0.1) is 35.7 Å². The van der Waals surface area contributed by atoms with Crippen LogP contribution in [0.25, 0.3) is 5.65 Å². The Hall–Kier alpha value is -4.19. The number of pyridine rings is 1. The summed E-state index contributed by atoms with van der Waals surface area (Å²) in [6.07, 6.45) is 1.27. The number of alkyl halides is 3. The van der Waals surface area contributed by atoms with Crippen molar-refractivity contribution in [3.05, 3.63) is 42.1 Å². The number of likely N-dealkylation sites (tertiary alicyclic amines) is 1. The van der Waals surface area contributed by atoms with Crippen LogP contribution >= 0.6 is 0 Å². The van der Waals surface area contributed by atoms with E-state index >= 15 is 0 Å². The number of carbonyl (C=O) groups excluding carboxylic acids is 2. The first-order chi connectivity index (χ1) is 20.0. The number of rotatable bonds is 7. The molecule has 0 aromatic carbocycles. The van der Waals surface area contributed by atoms with Crippen molar-refractivity contribution in [2.45, 2.75) is 25.6 Å². The molecule has 0 saturated carbocycles. The molecule has 3 aromatic heterocycles. The molecular weight excluding hydrogens is 553 g/mol. The van der Waals surface area contributed by atoms with Gasteiger partial charge in [0, 0.05) is 71.2 Å². The molecule has 0 spiro atoms. The van der Waals surface area contributed by atoms with Gasteiger partial charge < -0.3 is 19.6 Å². The molecule has 0 radical (unpaired) electrons. The first-order valence-electron chi connectivity index (χ1n) is 13.8. The summed E-state index contributed by atoms with van der Waals surface area (Å²) in [5.74, 6) is -1.34. The second-order valence-electron chi connectivity index (χ2n) is 11.5. The summed E-state index contributed by atoms with van der Waals surface area (Å²) < 4.78 is 42.1. The Labute approximate surface area is 239 Å². The Balaban J connectivity index is 1.11. The molecule has 0 atom stereocenters. The Morgan fingerprint density at radius 1 is 1.14 bits per heavy atom. The number of carbonyl (C=O) groups is 2. The van der Waals surface area contributed by atoms with Crippen LogP contribution in [0.3, 0.4) is 0 Å². The monoisotopic (exact) mass is 584 g/mol. The minimum atomic E-state index is -4.33. The Morgan fingerprint density at radius 3 is 2.57 bits per heavy atom. The van der Waals surface area contributed by atoms with E-state index in [4.69, 9.17) is 4.98 Å². The zero-order valence-electron chi connectivity index (χ0n) is 23.2. The predicted octanol–water partition coefficient (Wildman–Crippen LogP) is 1.03. The lowest BCUT2D eigenvalue weighted by atomic mass is 9.74. The van der Waals surface area contributed by atoms with Crippen LogP contribution in [0.2, 0.25) is 0 Å². The molecule has 0 N–H and O–H groups in total. The van der Waals surface area contributed by atoms with Crippen molar-refractivity contribution in [3.8, 4) is 6.07 Å². The number of piperazine rings is 1. The molecule has 3 aliphatic heterocycles. The van der Waals surface area contributed by atoms with Gasteiger partial charge in [-0.1, -0.05) is 0 Å². The van der Waals surface area contributed by atoms with Crippen LogP contribution in [0, 0.1) is 22.7 Å². The summed E-state index contributed by atoms with van der Waals surface area (Å²) >= 11 is 0. The maximum atomic E-state index is 13.1. The maximum Gasteiger partial charge on any atom is 0.395 e. The summed E-state index contributed by atoms with van der Waals surface area (Å²) in [4.78, 5) is 37.7. The summed E-state index contributed by atoms with van der Waals surface area (Å²) in [6.45, 7) is 2.98. The minimum absolute atomic E-state index is 0.0306. The first kappa shape index (κ1) is 28.0. The van der Waals surface area contributed by atoms with Crippen LogP contribution in [0.15, 0.2) is 30.7 Å². The van der Waals surface area contributed by atoms with Gasteiger partial charge in [0.15, 0.2) is 11.5 Å². The summed E-state index contributed by atoms with van der Waals surface area (Å²) in [5.41, 5.74) is 1.11. The molecule has 3 aromatic rings. The van der Waals surface area contributed by atoms with Crippen LogP contribution in [-0.4, -0.2) is 116 Å². The lowest BCUT2D eigenvalue weighted by Gasteiger charge is -2.53. The highest BCUT2D eigenvalue weighted by molar-refractivity contribution is 5.88. The third-order valence-electron chi connectivity index (χ3n) is 8.42.